The monoisotopic (exact) mass is 262 g/mol. The van der Waals surface area contributed by atoms with Gasteiger partial charge in [0, 0.05) is 5.88 Å². The van der Waals surface area contributed by atoms with Crippen LogP contribution in [0.1, 0.15) is 68.2 Å². The number of alkyl halides is 1. The van der Waals surface area contributed by atoms with Crippen molar-refractivity contribution in [2.45, 2.75) is 79.4 Å². The third kappa shape index (κ3) is 6.10. The zero-order valence-corrected chi connectivity index (χ0v) is 13.7. The molecule has 1 nitrogen and oxygen atoms in total. The molecule has 0 aromatic heterocycles. The summed E-state index contributed by atoms with van der Waals surface area (Å²) in [7, 11) is 0. The van der Waals surface area contributed by atoms with Crippen molar-refractivity contribution in [3.05, 3.63) is 0 Å². The largest absolute Gasteiger partial charge is 0.370 e. The third-order valence-electron chi connectivity index (χ3n) is 3.64. The molecule has 0 amide bonds. The van der Waals surface area contributed by atoms with E-state index in [1.807, 2.05) is 0 Å². The zero-order chi connectivity index (χ0) is 13.9. The molecule has 0 bridgehead atoms. The van der Waals surface area contributed by atoms with Crippen molar-refractivity contribution in [1.82, 2.24) is 0 Å². The molecular formula is C15H31ClO. The van der Waals surface area contributed by atoms with Gasteiger partial charge in [-0.25, -0.2) is 0 Å². The molecular weight excluding hydrogens is 232 g/mol. The summed E-state index contributed by atoms with van der Waals surface area (Å²) in [5, 5.41) is 0. The van der Waals surface area contributed by atoms with Crippen molar-refractivity contribution in [3.63, 3.8) is 0 Å². The van der Waals surface area contributed by atoms with E-state index in [2.05, 4.69) is 55.4 Å². The van der Waals surface area contributed by atoms with Crippen molar-refractivity contribution in [2.75, 3.05) is 5.88 Å². The number of hydrogen-bond acceptors (Lipinski definition) is 1. The molecule has 17 heavy (non-hydrogen) atoms. The number of hydrogen-bond donors (Lipinski definition) is 0. The molecule has 0 N–H and O–H groups in total. The first-order valence-corrected chi connectivity index (χ1v) is 7.25. The van der Waals surface area contributed by atoms with E-state index in [1.54, 1.807) is 0 Å². The summed E-state index contributed by atoms with van der Waals surface area (Å²) in [6, 6.07) is 0. The highest BCUT2D eigenvalue weighted by atomic mass is 35.5. The predicted molar refractivity (Wildman–Crippen MR) is 77.8 cm³/mol. The average Bonchev–Trinajstić information content (AvgIpc) is 2.11. The first-order chi connectivity index (χ1) is 7.46. The van der Waals surface area contributed by atoms with Gasteiger partial charge in [0.05, 0.1) is 11.2 Å². The van der Waals surface area contributed by atoms with Gasteiger partial charge < -0.3 is 4.74 Å². The molecule has 0 fully saturated rings. The van der Waals surface area contributed by atoms with Crippen molar-refractivity contribution in [2.24, 2.45) is 11.3 Å². The van der Waals surface area contributed by atoms with Gasteiger partial charge in [-0.05, 0) is 52.4 Å². The molecule has 0 aliphatic heterocycles. The van der Waals surface area contributed by atoms with Crippen LogP contribution in [-0.2, 0) is 4.74 Å². The van der Waals surface area contributed by atoms with Crippen LogP contribution in [0.2, 0.25) is 0 Å². The van der Waals surface area contributed by atoms with Crippen LogP contribution in [0.4, 0.5) is 0 Å². The second kappa shape index (κ2) is 5.93. The number of rotatable bonds is 6. The molecule has 2 atom stereocenters. The van der Waals surface area contributed by atoms with Crippen LogP contribution in [0, 0.1) is 11.3 Å². The lowest BCUT2D eigenvalue weighted by atomic mass is 9.70. The summed E-state index contributed by atoms with van der Waals surface area (Å²) in [5.74, 6) is 1.23. The lowest BCUT2D eigenvalue weighted by Gasteiger charge is -2.43. The van der Waals surface area contributed by atoms with Crippen LogP contribution in [-0.4, -0.2) is 17.1 Å². The van der Waals surface area contributed by atoms with Gasteiger partial charge in [-0.1, -0.05) is 27.2 Å². The molecule has 0 rings (SSSR count). The van der Waals surface area contributed by atoms with E-state index in [-0.39, 0.29) is 16.6 Å². The lowest BCUT2D eigenvalue weighted by Crippen LogP contribution is -2.41. The van der Waals surface area contributed by atoms with E-state index < -0.39 is 0 Å². The molecule has 0 saturated heterocycles. The van der Waals surface area contributed by atoms with Crippen molar-refractivity contribution in [1.29, 1.82) is 0 Å². The van der Waals surface area contributed by atoms with Gasteiger partial charge in [-0.15, -0.1) is 11.6 Å². The summed E-state index contributed by atoms with van der Waals surface area (Å²) in [6.07, 6.45) is 2.18. The highest BCUT2D eigenvalue weighted by Crippen LogP contribution is 2.41. The molecule has 0 radical (unpaired) electrons. The molecule has 0 saturated carbocycles. The molecule has 0 heterocycles. The second-order valence-corrected chi connectivity index (χ2v) is 7.52. The van der Waals surface area contributed by atoms with Crippen LogP contribution in [0.15, 0.2) is 0 Å². The first kappa shape index (κ1) is 17.2. The summed E-state index contributed by atoms with van der Waals surface area (Å²) in [5.41, 5.74) is 0.0438. The summed E-state index contributed by atoms with van der Waals surface area (Å²) < 4.78 is 6.17. The van der Waals surface area contributed by atoms with Crippen LogP contribution in [0.3, 0.4) is 0 Å². The lowest BCUT2D eigenvalue weighted by molar-refractivity contribution is -0.134. The molecule has 0 spiro atoms. The Bertz CT molecular complexity index is 230. The van der Waals surface area contributed by atoms with Gasteiger partial charge in [0.1, 0.15) is 0 Å². The van der Waals surface area contributed by atoms with Crippen molar-refractivity contribution >= 4 is 11.6 Å². The maximum absolute atomic E-state index is 6.17. The van der Waals surface area contributed by atoms with Gasteiger partial charge >= 0.3 is 0 Å². The Morgan fingerprint density at radius 2 is 1.53 bits per heavy atom. The Morgan fingerprint density at radius 1 is 1.06 bits per heavy atom. The van der Waals surface area contributed by atoms with Gasteiger partial charge in [0.25, 0.3) is 0 Å². The Labute approximate surface area is 113 Å². The minimum Gasteiger partial charge on any atom is -0.370 e. The van der Waals surface area contributed by atoms with Crippen molar-refractivity contribution in [3.8, 4) is 0 Å². The number of ether oxygens (including phenoxy) is 1. The highest BCUT2D eigenvalue weighted by Gasteiger charge is 2.37. The normalized spacial score (nSPS) is 18.9. The van der Waals surface area contributed by atoms with E-state index in [9.17, 15) is 0 Å². The van der Waals surface area contributed by atoms with Crippen LogP contribution < -0.4 is 0 Å². The Kier molecular flexibility index (Phi) is 6.01. The fourth-order valence-electron chi connectivity index (χ4n) is 2.67. The predicted octanol–water partition coefficient (Wildman–Crippen LogP) is 5.26. The maximum Gasteiger partial charge on any atom is 0.0638 e. The average molecular weight is 263 g/mol. The molecule has 0 aliphatic carbocycles. The number of halogens is 1. The molecule has 104 valence electrons. The van der Waals surface area contributed by atoms with Crippen LogP contribution >= 0.6 is 11.6 Å². The summed E-state index contributed by atoms with van der Waals surface area (Å²) in [4.78, 5) is 0. The van der Waals surface area contributed by atoms with E-state index >= 15 is 0 Å². The van der Waals surface area contributed by atoms with E-state index in [0.29, 0.717) is 5.92 Å². The fourth-order valence-corrected chi connectivity index (χ4v) is 3.04. The molecule has 2 heteroatoms. The van der Waals surface area contributed by atoms with Gasteiger partial charge in [-0.3, -0.25) is 0 Å². The topological polar surface area (TPSA) is 9.23 Å². The van der Waals surface area contributed by atoms with Crippen LogP contribution in [0.5, 0.6) is 0 Å². The SMILES string of the molecule is CCC(C)(CC(C)(C)OC(C)(C)C)[C@@H](C)CCl. The quantitative estimate of drug-likeness (QED) is 0.593. The Hall–Kier alpha value is 0.250. The minimum atomic E-state index is -0.108. The molecule has 0 aromatic rings. The first-order valence-electron chi connectivity index (χ1n) is 6.72. The summed E-state index contributed by atoms with van der Waals surface area (Å²) >= 11 is 6.04. The third-order valence-corrected chi connectivity index (χ3v) is 4.10. The Morgan fingerprint density at radius 3 is 1.82 bits per heavy atom. The molecule has 0 aromatic carbocycles. The zero-order valence-electron chi connectivity index (χ0n) is 13.0. The maximum atomic E-state index is 6.17. The Balaban J connectivity index is 4.77. The highest BCUT2D eigenvalue weighted by molar-refractivity contribution is 6.18. The molecule has 1 unspecified atom stereocenters. The molecule has 0 aliphatic rings. The fraction of sp³-hybridized carbons (Fsp3) is 1.00. The van der Waals surface area contributed by atoms with E-state index in [4.69, 9.17) is 16.3 Å². The minimum absolute atomic E-state index is 0.0949. The van der Waals surface area contributed by atoms with E-state index in [0.717, 1.165) is 18.7 Å². The standard InChI is InChI=1S/C15H31ClO/c1-9-15(8,12(2)10-16)11-14(6,7)17-13(3,4)5/h12H,9-11H2,1-8H3/t12-,15?/m0/s1. The van der Waals surface area contributed by atoms with Gasteiger partial charge in [-0.2, -0.15) is 0 Å². The van der Waals surface area contributed by atoms with Crippen LogP contribution in [0.25, 0.3) is 0 Å². The van der Waals surface area contributed by atoms with E-state index in [1.165, 1.54) is 0 Å². The smallest absolute Gasteiger partial charge is 0.0638 e. The second-order valence-electron chi connectivity index (χ2n) is 7.21. The van der Waals surface area contributed by atoms with Gasteiger partial charge in [0.15, 0.2) is 0 Å². The summed E-state index contributed by atoms with van der Waals surface area (Å²) in [6.45, 7) is 17.5. The van der Waals surface area contributed by atoms with Gasteiger partial charge in [0.2, 0.25) is 0 Å². The van der Waals surface area contributed by atoms with Crippen molar-refractivity contribution < 1.29 is 4.74 Å².